The lowest BCUT2D eigenvalue weighted by atomic mass is 9.99. The summed E-state index contributed by atoms with van der Waals surface area (Å²) in [6, 6.07) is 15.5. The third-order valence-corrected chi connectivity index (χ3v) is 5.32. The van der Waals surface area contributed by atoms with Gasteiger partial charge in [0.05, 0.1) is 6.04 Å². The van der Waals surface area contributed by atoms with Gasteiger partial charge in [-0.15, -0.1) is 0 Å². The molecule has 29 heavy (non-hydrogen) atoms. The molecule has 0 saturated carbocycles. The Morgan fingerprint density at radius 1 is 1.07 bits per heavy atom. The van der Waals surface area contributed by atoms with Gasteiger partial charge in [0, 0.05) is 23.5 Å². The minimum atomic E-state index is -1.02. The maximum absolute atomic E-state index is 14.3. The molecule has 2 atom stereocenters. The molecule has 5 nitrogen and oxygen atoms in total. The summed E-state index contributed by atoms with van der Waals surface area (Å²) in [5.74, 6) is -1.29. The third-order valence-electron chi connectivity index (χ3n) is 5.32. The molecule has 0 bridgehead atoms. The molecule has 0 saturated heterocycles. The van der Waals surface area contributed by atoms with Crippen molar-refractivity contribution in [3.63, 3.8) is 0 Å². The zero-order valence-electron chi connectivity index (χ0n) is 15.7. The number of nitrogens with two attached hydrogens (primary N) is 1. The number of pyridine rings is 1. The Hall–Kier alpha value is -3.54. The molecule has 1 unspecified atom stereocenters. The van der Waals surface area contributed by atoms with E-state index in [2.05, 4.69) is 4.98 Å². The summed E-state index contributed by atoms with van der Waals surface area (Å²) in [6.07, 6.45) is 4.12. The van der Waals surface area contributed by atoms with Crippen LogP contribution in [0.2, 0.25) is 0 Å². The van der Waals surface area contributed by atoms with Crippen LogP contribution in [0.15, 0.2) is 73.1 Å². The van der Waals surface area contributed by atoms with Crippen molar-refractivity contribution in [2.45, 2.75) is 24.9 Å². The second-order valence-corrected chi connectivity index (χ2v) is 7.03. The van der Waals surface area contributed by atoms with Crippen molar-refractivity contribution in [1.29, 1.82) is 0 Å². The van der Waals surface area contributed by atoms with Crippen LogP contribution in [0.1, 0.15) is 45.6 Å². The molecule has 0 spiro atoms. The number of benzene rings is 2. The number of amides is 2. The number of rotatable bonds is 5. The Kier molecular flexibility index (Phi) is 5.08. The van der Waals surface area contributed by atoms with E-state index in [0.29, 0.717) is 35.1 Å². The lowest BCUT2D eigenvalue weighted by Gasteiger charge is -2.35. The molecule has 2 amide bonds. The fraction of sp³-hybridized carbons (Fsp3) is 0.174. The first-order valence-electron chi connectivity index (χ1n) is 9.42. The Bertz CT molecular complexity index is 1040. The standard InChI is InChI=1S/C23H20FN3O2/c24-19-10-4-9-18-17(19)11-12-20(18)27(23(29)15-6-2-1-3-7-15)21(22(25)28)16-8-5-13-26-14-16/h1-10,13-14,20-21H,11-12H2,(H2,25,28)/t20-,21?/m1/s1. The van der Waals surface area contributed by atoms with E-state index in [9.17, 15) is 14.0 Å². The normalized spacial score (nSPS) is 16.1. The molecule has 1 aliphatic carbocycles. The minimum Gasteiger partial charge on any atom is -0.368 e. The van der Waals surface area contributed by atoms with Crippen molar-refractivity contribution in [2.24, 2.45) is 5.73 Å². The predicted molar refractivity (Wildman–Crippen MR) is 106 cm³/mol. The Morgan fingerprint density at radius 3 is 2.55 bits per heavy atom. The van der Waals surface area contributed by atoms with Crippen LogP contribution in [0.5, 0.6) is 0 Å². The van der Waals surface area contributed by atoms with Crippen LogP contribution >= 0.6 is 0 Å². The lowest BCUT2D eigenvalue weighted by Crippen LogP contribution is -2.43. The number of carbonyl (C=O) groups excluding carboxylic acids is 2. The van der Waals surface area contributed by atoms with Crippen molar-refractivity contribution < 1.29 is 14.0 Å². The van der Waals surface area contributed by atoms with Crippen LogP contribution in [-0.2, 0) is 11.2 Å². The number of carbonyl (C=O) groups is 2. The number of aromatic nitrogens is 1. The van der Waals surface area contributed by atoms with E-state index in [4.69, 9.17) is 5.73 Å². The van der Waals surface area contributed by atoms with Crippen LogP contribution in [0.3, 0.4) is 0 Å². The van der Waals surface area contributed by atoms with Gasteiger partial charge in [0.2, 0.25) is 5.91 Å². The van der Waals surface area contributed by atoms with Crippen molar-refractivity contribution >= 4 is 11.8 Å². The van der Waals surface area contributed by atoms with Crippen LogP contribution in [0.4, 0.5) is 4.39 Å². The minimum absolute atomic E-state index is 0.297. The Morgan fingerprint density at radius 2 is 1.86 bits per heavy atom. The van der Waals surface area contributed by atoms with Crippen molar-refractivity contribution in [2.75, 3.05) is 0 Å². The molecular formula is C23H20FN3O2. The van der Waals surface area contributed by atoms with E-state index in [1.807, 2.05) is 12.1 Å². The van der Waals surface area contributed by atoms with E-state index in [1.165, 1.54) is 17.2 Å². The summed E-state index contributed by atoms with van der Waals surface area (Å²) in [6.45, 7) is 0. The average molecular weight is 389 g/mol. The van der Waals surface area contributed by atoms with Crippen LogP contribution in [-0.4, -0.2) is 21.7 Å². The van der Waals surface area contributed by atoms with Gasteiger partial charge in [-0.05, 0) is 48.2 Å². The van der Waals surface area contributed by atoms with Gasteiger partial charge in [0.15, 0.2) is 0 Å². The van der Waals surface area contributed by atoms with E-state index in [-0.39, 0.29) is 11.7 Å². The molecule has 3 aromatic rings. The topological polar surface area (TPSA) is 76.3 Å². The smallest absolute Gasteiger partial charge is 0.255 e. The molecule has 0 aliphatic heterocycles. The molecule has 146 valence electrons. The molecule has 6 heteroatoms. The predicted octanol–water partition coefficient (Wildman–Crippen LogP) is 3.58. The van der Waals surface area contributed by atoms with Gasteiger partial charge in [0.25, 0.3) is 5.91 Å². The first-order chi connectivity index (χ1) is 14.1. The number of hydrogen-bond donors (Lipinski definition) is 1. The molecule has 1 aromatic heterocycles. The zero-order chi connectivity index (χ0) is 20.4. The maximum Gasteiger partial charge on any atom is 0.255 e. The molecule has 2 N–H and O–H groups in total. The van der Waals surface area contributed by atoms with Gasteiger partial charge in [-0.2, -0.15) is 0 Å². The molecule has 1 heterocycles. The first kappa shape index (κ1) is 18.8. The SMILES string of the molecule is NC(=O)C(c1cccnc1)N(C(=O)c1ccccc1)[C@@H]1CCc2c(F)cccc21. The molecule has 0 fully saturated rings. The average Bonchev–Trinajstić information content (AvgIpc) is 3.17. The number of nitrogens with zero attached hydrogens (tertiary/aromatic N) is 2. The van der Waals surface area contributed by atoms with Gasteiger partial charge < -0.3 is 10.6 Å². The molecular weight excluding hydrogens is 369 g/mol. The molecule has 1 aliphatic rings. The quantitative estimate of drug-likeness (QED) is 0.725. The number of primary amides is 1. The first-order valence-corrected chi connectivity index (χ1v) is 9.42. The maximum atomic E-state index is 14.3. The Balaban J connectivity index is 1.86. The summed E-state index contributed by atoms with van der Waals surface area (Å²) in [7, 11) is 0. The zero-order valence-corrected chi connectivity index (χ0v) is 15.7. The summed E-state index contributed by atoms with van der Waals surface area (Å²) in [5.41, 5.74) is 8.02. The van der Waals surface area contributed by atoms with Gasteiger partial charge in [-0.3, -0.25) is 14.6 Å². The number of halogens is 1. The van der Waals surface area contributed by atoms with Crippen molar-refractivity contribution in [3.05, 3.63) is 101 Å². The highest BCUT2D eigenvalue weighted by Gasteiger charge is 2.40. The highest BCUT2D eigenvalue weighted by molar-refractivity contribution is 5.98. The number of hydrogen-bond acceptors (Lipinski definition) is 3. The fourth-order valence-corrected chi connectivity index (χ4v) is 4.04. The van der Waals surface area contributed by atoms with E-state index in [1.54, 1.807) is 48.7 Å². The molecule has 0 radical (unpaired) electrons. The Labute approximate surface area is 168 Å². The lowest BCUT2D eigenvalue weighted by molar-refractivity contribution is -0.123. The molecule has 4 rings (SSSR count). The monoisotopic (exact) mass is 389 g/mol. The number of fused-ring (bicyclic) bond motifs is 1. The summed E-state index contributed by atoms with van der Waals surface area (Å²) in [4.78, 5) is 31.7. The van der Waals surface area contributed by atoms with E-state index in [0.717, 1.165) is 0 Å². The van der Waals surface area contributed by atoms with Gasteiger partial charge >= 0.3 is 0 Å². The van der Waals surface area contributed by atoms with Gasteiger partial charge in [0.1, 0.15) is 11.9 Å². The van der Waals surface area contributed by atoms with Crippen molar-refractivity contribution in [3.8, 4) is 0 Å². The molecule has 2 aromatic carbocycles. The van der Waals surface area contributed by atoms with E-state index < -0.39 is 18.0 Å². The van der Waals surface area contributed by atoms with Crippen molar-refractivity contribution in [1.82, 2.24) is 9.88 Å². The third kappa shape index (κ3) is 3.49. The van der Waals surface area contributed by atoms with Gasteiger partial charge in [-0.25, -0.2) is 4.39 Å². The highest BCUT2D eigenvalue weighted by Crippen LogP contribution is 2.41. The van der Waals surface area contributed by atoms with Crippen LogP contribution < -0.4 is 5.73 Å². The van der Waals surface area contributed by atoms with E-state index >= 15 is 0 Å². The largest absolute Gasteiger partial charge is 0.368 e. The van der Waals surface area contributed by atoms with Crippen LogP contribution in [0, 0.1) is 5.82 Å². The second-order valence-electron chi connectivity index (χ2n) is 7.03. The van der Waals surface area contributed by atoms with Gasteiger partial charge in [-0.1, -0.05) is 36.4 Å². The second kappa shape index (κ2) is 7.83. The van der Waals surface area contributed by atoms with Crippen LogP contribution in [0.25, 0.3) is 0 Å². The summed E-state index contributed by atoms with van der Waals surface area (Å²) in [5, 5.41) is 0. The summed E-state index contributed by atoms with van der Waals surface area (Å²) >= 11 is 0. The highest BCUT2D eigenvalue weighted by atomic mass is 19.1. The fourth-order valence-electron chi connectivity index (χ4n) is 4.04. The summed E-state index contributed by atoms with van der Waals surface area (Å²) < 4.78 is 14.3.